The molecule has 0 unspecified atom stereocenters. The van der Waals surface area contributed by atoms with Crippen LogP contribution in [0, 0.1) is 5.41 Å². The van der Waals surface area contributed by atoms with E-state index in [0.717, 1.165) is 12.8 Å². The maximum absolute atomic E-state index is 8.53. The SMILES string of the molecule is CC(C)(N)CC(C)(C)CC(C)(C)OCCC(C)(C)N=[N+]=[N-]. The monoisotopic (exact) mass is 298 g/mol. The number of rotatable bonds is 9. The van der Waals surface area contributed by atoms with Crippen LogP contribution in [0.25, 0.3) is 10.4 Å². The van der Waals surface area contributed by atoms with Gasteiger partial charge in [-0.3, -0.25) is 0 Å². The highest BCUT2D eigenvalue weighted by Crippen LogP contribution is 2.36. The molecule has 124 valence electrons. The van der Waals surface area contributed by atoms with E-state index in [4.69, 9.17) is 16.0 Å². The van der Waals surface area contributed by atoms with Gasteiger partial charge >= 0.3 is 0 Å². The van der Waals surface area contributed by atoms with Crippen LogP contribution < -0.4 is 5.73 Å². The highest BCUT2D eigenvalue weighted by molar-refractivity contribution is 4.87. The first-order valence-corrected chi connectivity index (χ1v) is 7.67. The van der Waals surface area contributed by atoms with Crippen LogP contribution >= 0.6 is 0 Å². The highest BCUT2D eigenvalue weighted by atomic mass is 16.5. The standard InChI is InChI=1S/C16H34N4O/c1-13(2,11-14(3,4)17)12-16(7,8)21-10-9-15(5,6)19-20-18/h9-12,17H2,1-8H3. The molecule has 0 heterocycles. The number of nitrogens with zero attached hydrogens (tertiary/aromatic N) is 3. The third kappa shape index (κ3) is 10.6. The smallest absolute Gasteiger partial charge is 0.0631 e. The summed E-state index contributed by atoms with van der Waals surface area (Å²) in [5.74, 6) is 0. The molecule has 0 saturated carbocycles. The van der Waals surface area contributed by atoms with E-state index in [9.17, 15) is 0 Å². The second-order valence-corrected chi connectivity index (χ2v) is 8.87. The lowest BCUT2D eigenvalue weighted by Gasteiger charge is -2.39. The molecule has 0 saturated heterocycles. The van der Waals surface area contributed by atoms with E-state index in [1.165, 1.54) is 0 Å². The molecule has 0 rings (SSSR count). The van der Waals surface area contributed by atoms with Gasteiger partial charge in [-0.2, -0.15) is 0 Å². The molecule has 0 spiro atoms. The summed E-state index contributed by atoms with van der Waals surface area (Å²) in [6, 6.07) is 0. The van der Waals surface area contributed by atoms with Gasteiger partial charge < -0.3 is 10.5 Å². The Bertz CT molecular complexity index is 374. The van der Waals surface area contributed by atoms with Gasteiger partial charge in [0.1, 0.15) is 0 Å². The minimum absolute atomic E-state index is 0.113. The van der Waals surface area contributed by atoms with E-state index in [2.05, 4.69) is 51.6 Å². The van der Waals surface area contributed by atoms with Crippen molar-refractivity contribution in [2.45, 2.75) is 91.3 Å². The minimum Gasteiger partial charge on any atom is -0.376 e. The van der Waals surface area contributed by atoms with Crippen molar-refractivity contribution in [3.05, 3.63) is 10.4 Å². The Hall–Kier alpha value is -0.770. The van der Waals surface area contributed by atoms with Gasteiger partial charge in [0.25, 0.3) is 0 Å². The van der Waals surface area contributed by atoms with E-state index in [1.54, 1.807) is 0 Å². The third-order valence-corrected chi connectivity index (χ3v) is 3.36. The van der Waals surface area contributed by atoms with Crippen molar-refractivity contribution in [1.29, 1.82) is 0 Å². The Labute approximate surface area is 130 Å². The van der Waals surface area contributed by atoms with Gasteiger partial charge in [0.15, 0.2) is 0 Å². The van der Waals surface area contributed by atoms with Gasteiger partial charge in [0.2, 0.25) is 0 Å². The maximum Gasteiger partial charge on any atom is 0.0631 e. The molecule has 0 aromatic carbocycles. The molecule has 0 aliphatic carbocycles. The molecule has 0 atom stereocenters. The summed E-state index contributed by atoms with van der Waals surface area (Å²) in [7, 11) is 0. The average Bonchev–Trinajstić information content (AvgIpc) is 2.08. The molecule has 5 nitrogen and oxygen atoms in total. The van der Waals surface area contributed by atoms with Gasteiger partial charge in [0.05, 0.1) is 5.60 Å². The summed E-state index contributed by atoms with van der Waals surface area (Å²) < 4.78 is 6.04. The van der Waals surface area contributed by atoms with Crippen molar-refractivity contribution in [3.8, 4) is 0 Å². The molecule has 5 heteroatoms. The number of hydrogen-bond acceptors (Lipinski definition) is 3. The van der Waals surface area contributed by atoms with E-state index < -0.39 is 5.54 Å². The minimum atomic E-state index is -0.403. The number of nitrogens with two attached hydrogens (primary N) is 1. The second-order valence-electron chi connectivity index (χ2n) is 8.87. The molecule has 0 aromatic rings. The van der Waals surface area contributed by atoms with Crippen molar-refractivity contribution in [1.82, 2.24) is 0 Å². The molecule has 0 amide bonds. The lowest BCUT2D eigenvalue weighted by Crippen LogP contribution is -2.41. The first kappa shape index (κ1) is 20.2. The maximum atomic E-state index is 8.53. The first-order valence-electron chi connectivity index (χ1n) is 7.67. The van der Waals surface area contributed by atoms with Gasteiger partial charge in [-0.05, 0) is 57.9 Å². The van der Waals surface area contributed by atoms with Gasteiger partial charge in [0, 0.05) is 22.6 Å². The number of ether oxygens (including phenoxy) is 1. The number of hydrogen-bond donors (Lipinski definition) is 1. The summed E-state index contributed by atoms with van der Waals surface area (Å²) in [4.78, 5) is 2.88. The van der Waals surface area contributed by atoms with Crippen LogP contribution in [0.2, 0.25) is 0 Å². The largest absolute Gasteiger partial charge is 0.376 e. The Kier molecular flexibility index (Phi) is 6.74. The molecule has 0 aliphatic heterocycles. The fourth-order valence-electron chi connectivity index (χ4n) is 3.25. The van der Waals surface area contributed by atoms with E-state index in [0.29, 0.717) is 13.0 Å². The zero-order valence-electron chi connectivity index (χ0n) is 15.2. The van der Waals surface area contributed by atoms with Crippen molar-refractivity contribution in [2.24, 2.45) is 16.3 Å². The molecule has 0 aliphatic rings. The molecule has 0 radical (unpaired) electrons. The lowest BCUT2D eigenvalue weighted by atomic mass is 9.74. The Morgan fingerprint density at radius 1 is 1.00 bits per heavy atom. The average molecular weight is 298 g/mol. The van der Waals surface area contributed by atoms with E-state index >= 15 is 0 Å². The molecule has 0 aromatic heterocycles. The third-order valence-electron chi connectivity index (χ3n) is 3.36. The zero-order valence-corrected chi connectivity index (χ0v) is 15.2. The van der Waals surface area contributed by atoms with Crippen LogP contribution in [0.4, 0.5) is 0 Å². The highest BCUT2D eigenvalue weighted by Gasteiger charge is 2.33. The van der Waals surface area contributed by atoms with Crippen molar-refractivity contribution in [2.75, 3.05) is 6.61 Å². The topological polar surface area (TPSA) is 84.0 Å². The van der Waals surface area contributed by atoms with Crippen LogP contribution in [0.5, 0.6) is 0 Å². The van der Waals surface area contributed by atoms with Crippen LogP contribution in [0.15, 0.2) is 5.11 Å². The Morgan fingerprint density at radius 2 is 1.52 bits per heavy atom. The Balaban J connectivity index is 4.47. The van der Waals surface area contributed by atoms with Crippen LogP contribution in [-0.2, 0) is 4.74 Å². The molecule has 2 N–H and O–H groups in total. The quantitative estimate of drug-likeness (QED) is 0.376. The van der Waals surface area contributed by atoms with E-state index in [1.807, 2.05) is 13.8 Å². The van der Waals surface area contributed by atoms with Gasteiger partial charge in [-0.15, -0.1) is 0 Å². The van der Waals surface area contributed by atoms with E-state index in [-0.39, 0.29) is 16.6 Å². The summed E-state index contributed by atoms with van der Waals surface area (Å²) in [5.41, 5.74) is 14.0. The van der Waals surface area contributed by atoms with Gasteiger partial charge in [-0.1, -0.05) is 32.8 Å². The van der Waals surface area contributed by atoms with Crippen molar-refractivity contribution in [3.63, 3.8) is 0 Å². The summed E-state index contributed by atoms with van der Waals surface area (Å²) >= 11 is 0. The Morgan fingerprint density at radius 3 is 1.95 bits per heavy atom. The van der Waals surface area contributed by atoms with Crippen LogP contribution in [-0.4, -0.2) is 23.3 Å². The van der Waals surface area contributed by atoms with Crippen LogP contribution in [0.3, 0.4) is 0 Å². The van der Waals surface area contributed by atoms with Gasteiger partial charge in [-0.25, -0.2) is 0 Å². The predicted molar refractivity (Wildman–Crippen MR) is 89.2 cm³/mol. The zero-order chi connectivity index (χ0) is 16.9. The predicted octanol–water partition coefficient (Wildman–Crippen LogP) is 4.80. The normalized spacial score (nSPS) is 14.0. The summed E-state index contributed by atoms with van der Waals surface area (Å²) in [5, 5.41) is 3.78. The number of azide groups is 1. The molecular formula is C16H34N4O. The summed E-state index contributed by atoms with van der Waals surface area (Å²) in [6.07, 6.45) is 2.59. The molecule has 0 bridgehead atoms. The molecule has 0 fully saturated rings. The summed E-state index contributed by atoms with van der Waals surface area (Å²) in [6.45, 7) is 17.2. The second kappa shape index (κ2) is 6.99. The molecule has 21 heavy (non-hydrogen) atoms. The lowest BCUT2D eigenvalue weighted by molar-refractivity contribution is -0.0537. The molecular weight excluding hydrogens is 264 g/mol. The fraction of sp³-hybridized carbons (Fsp3) is 1.00. The first-order chi connectivity index (χ1) is 9.18. The van der Waals surface area contributed by atoms with Crippen molar-refractivity contribution >= 4 is 0 Å². The fourth-order valence-corrected chi connectivity index (χ4v) is 3.25. The van der Waals surface area contributed by atoms with Crippen molar-refractivity contribution < 1.29 is 4.74 Å². The van der Waals surface area contributed by atoms with Crippen LogP contribution in [0.1, 0.15) is 74.7 Å².